The largest absolute Gasteiger partial charge is 0.313 e. The van der Waals surface area contributed by atoms with E-state index in [2.05, 4.69) is 0 Å². The van der Waals surface area contributed by atoms with E-state index in [9.17, 15) is 9.59 Å². The summed E-state index contributed by atoms with van der Waals surface area (Å²) in [6.45, 7) is 8.25. The van der Waals surface area contributed by atoms with Gasteiger partial charge in [0.1, 0.15) is 0 Å². The number of carbonyl (C=O) groups excluding carboxylic acids is 2. The summed E-state index contributed by atoms with van der Waals surface area (Å²) >= 11 is 6.18. The van der Waals surface area contributed by atoms with Crippen molar-refractivity contribution in [1.29, 1.82) is 0 Å². The van der Waals surface area contributed by atoms with E-state index in [0.717, 1.165) is 16.8 Å². The molecule has 0 saturated carbocycles. The molecule has 5 heteroatoms. The molecule has 0 saturated heterocycles. The molecule has 138 valence electrons. The van der Waals surface area contributed by atoms with Crippen LogP contribution in [0.2, 0.25) is 5.02 Å². The van der Waals surface area contributed by atoms with E-state index < -0.39 is 0 Å². The van der Waals surface area contributed by atoms with Crippen LogP contribution in [0.1, 0.15) is 31.4 Å². The second-order valence-corrected chi connectivity index (χ2v) is 6.74. The quantitative estimate of drug-likeness (QED) is 0.733. The van der Waals surface area contributed by atoms with Gasteiger partial charge in [-0.05, 0) is 56.2 Å². The van der Waals surface area contributed by atoms with Gasteiger partial charge in [-0.25, -0.2) is 0 Å². The summed E-state index contributed by atoms with van der Waals surface area (Å²) in [6.07, 6.45) is 0.243. The highest BCUT2D eigenvalue weighted by Gasteiger charge is 2.18. The molecule has 2 rings (SSSR count). The molecule has 0 N–H and O–H groups in total. The van der Waals surface area contributed by atoms with Crippen molar-refractivity contribution in [3.05, 3.63) is 58.6 Å². The second kappa shape index (κ2) is 8.86. The van der Waals surface area contributed by atoms with Gasteiger partial charge in [-0.2, -0.15) is 0 Å². The minimum Gasteiger partial charge on any atom is -0.313 e. The van der Waals surface area contributed by atoms with E-state index in [1.807, 2.05) is 57.2 Å². The van der Waals surface area contributed by atoms with Crippen LogP contribution < -0.4 is 9.80 Å². The maximum atomic E-state index is 12.7. The summed E-state index contributed by atoms with van der Waals surface area (Å²) in [6, 6.07) is 13.4. The Morgan fingerprint density at radius 2 is 1.69 bits per heavy atom. The fraction of sp³-hybridized carbons (Fsp3) is 0.333. The third kappa shape index (κ3) is 4.85. The van der Waals surface area contributed by atoms with Crippen LogP contribution in [0, 0.1) is 13.8 Å². The predicted octanol–water partition coefficient (Wildman–Crippen LogP) is 4.75. The van der Waals surface area contributed by atoms with Gasteiger partial charge in [0.05, 0.1) is 0 Å². The van der Waals surface area contributed by atoms with Gasteiger partial charge in [0.25, 0.3) is 0 Å². The molecule has 0 aromatic heterocycles. The smallest absolute Gasteiger partial charge is 0.228 e. The number of hydrogen-bond donors (Lipinski definition) is 0. The van der Waals surface area contributed by atoms with Gasteiger partial charge in [-0.15, -0.1) is 0 Å². The number of halogens is 1. The maximum Gasteiger partial charge on any atom is 0.228 e. The molecule has 26 heavy (non-hydrogen) atoms. The molecule has 2 aromatic carbocycles. The van der Waals surface area contributed by atoms with Crippen molar-refractivity contribution in [3.8, 4) is 0 Å². The summed E-state index contributed by atoms with van der Waals surface area (Å²) in [4.78, 5) is 28.1. The van der Waals surface area contributed by atoms with Crippen molar-refractivity contribution in [1.82, 2.24) is 0 Å². The molecule has 0 bridgehead atoms. The molecule has 0 unspecified atom stereocenters. The summed E-state index contributed by atoms with van der Waals surface area (Å²) in [7, 11) is 0. The molecular weight excluding hydrogens is 348 g/mol. The number of nitrogens with zero attached hydrogens (tertiary/aromatic N) is 2. The van der Waals surface area contributed by atoms with Crippen LogP contribution in [0.25, 0.3) is 0 Å². The van der Waals surface area contributed by atoms with E-state index in [1.165, 1.54) is 6.92 Å². The Hall–Kier alpha value is -2.33. The summed E-state index contributed by atoms with van der Waals surface area (Å²) in [5.74, 6) is -0.126. The third-order valence-electron chi connectivity index (χ3n) is 4.33. The van der Waals surface area contributed by atoms with Crippen molar-refractivity contribution in [2.24, 2.45) is 0 Å². The van der Waals surface area contributed by atoms with Gasteiger partial charge in [0.2, 0.25) is 11.8 Å². The van der Waals surface area contributed by atoms with E-state index in [4.69, 9.17) is 11.6 Å². The molecular formula is C21H25ClN2O2. The lowest BCUT2D eigenvalue weighted by Crippen LogP contribution is -2.36. The fourth-order valence-corrected chi connectivity index (χ4v) is 3.03. The highest BCUT2D eigenvalue weighted by molar-refractivity contribution is 6.31. The molecule has 0 fully saturated rings. The zero-order chi connectivity index (χ0) is 19.3. The first-order valence-electron chi connectivity index (χ1n) is 8.74. The first kappa shape index (κ1) is 20.0. The highest BCUT2D eigenvalue weighted by atomic mass is 35.5. The van der Waals surface area contributed by atoms with Crippen molar-refractivity contribution in [3.63, 3.8) is 0 Å². The van der Waals surface area contributed by atoms with Crippen LogP contribution in [0.15, 0.2) is 42.5 Å². The summed E-state index contributed by atoms with van der Waals surface area (Å²) < 4.78 is 0. The lowest BCUT2D eigenvalue weighted by atomic mass is 10.2. The van der Waals surface area contributed by atoms with Crippen LogP contribution in [0.3, 0.4) is 0 Å². The molecule has 0 spiro atoms. The summed E-state index contributed by atoms with van der Waals surface area (Å²) in [5.41, 5.74) is 3.64. The predicted molar refractivity (Wildman–Crippen MR) is 108 cm³/mol. The van der Waals surface area contributed by atoms with E-state index in [0.29, 0.717) is 23.8 Å². The van der Waals surface area contributed by atoms with E-state index in [1.54, 1.807) is 15.9 Å². The van der Waals surface area contributed by atoms with Crippen molar-refractivity contribution in [2.75, 3.05) is 22.9 Å². The zero-order valence-corrected chi connectivity index (χ0v) is 16.5. The minimum atomic E-state index is -0.115. The Kier molecular flexibility index (Phi) is 6.81. The summed E-state index contributed by atoms with van der Waals surface area (Å²) in [5, 5.41) is 0.607. The molecule has 0 radical (unpaired) electrons. The second-order valence-electron chi connectivity index (χ2n) is 6.33. The molecule has 0 aliphatic heterocycles. The minimum absolute atomic E-state index is 0.0115. The molecule has 4 nitrogen and oxygen atoms in total. The number of anilines is 2. The lowest BCUT2D eigenvalue weighted by molar-refractivity contribution is -0.118. The monoisotopic (exact) mass is 372 g/mol. The van der Waals surface area contributed by atoms with Crippen molar-refractivity contribution < 1.29 is 9.59 Å². The number of amides is 2. The number of hydrogen-bond acceptors (Lipinski definition) is 2. The van der Waals surface area contributed by atoms with Gasteiger partial charge < -0.3 is 9.80 Å². The Morgan fingerprint density at radius 1 is 1.00 bits per heavy atom. The van der Waals surface area contributed by atoms with Crippen LogP contribution in [-0.2, 0) is 9.59 Å². The van der Waals surface area contributed by atoms with Crippen LogP contribution in [-0.4, -0.2) is 24.9 Å². The van der Waals surface area contributed by atoms with Crippen molar-refractivity contribution >= 4 is 34.8 Å². The van der Waals surface area contributed by atoms with Crippen LogP contribution >= 0.6 is 11.6 Å². The number of aryl methyl sites for hydroxylation is 2. The Bertz CT molecular complexity index is 804. The maximum absolute atomic E-state index is 12.7. The zero-order valence-electron chi connectivity index (χ0n) is 15.8. The first-order chi connectivity index (χ1) is 12.3. The lowest BCUT2D eigenvalue weighted by Gasteiger charge is -2.25. The molecule has 0 heterocycles. The average Bonchev–Trinajstić information content (AvgIpc) is 2.58. The van der Waals surface area contributed by atoms with Crippen molar-refractivity contribution in [2.45, 2.75) is 34.1 Å². The van der Waals surface area contributed by atoms with E-state index >= 15 is 0 Å². The molecule has 2 aromatic rings. The average molecular weight is 373 g/mol. The SMILES string of the molecule is CCN(C(=O)CCN(C(C)=O)c1ccc(C)c(Cl)c1)c1cccc(C)c1. The Balaban J connectivity index is 2.13. The van der Waals surface area contributed by atoms with Gasteiger partial charge in [0, 0.05) is 42.8 Å². The number of benzene rings is 2. The molecule has 0 aliphatic carbocycles. The highest BCUT2D eigenvalue weighted by Crippen LogP contribution is 2.24. The third-order valence-corrected chi connectivity index (χ3v) is 4.73. The molecule has 2 amide bonds. The van der Waals surface area contributed by atoms with Gasteiger partial charge in [-0.3, -0.25) is 9.59 Å². The normalized spacial score (nSPS) is 10.5. The first-order valence-corrected chi connectivity index (χ1v) is 9.12. The fourth-order valence-electron chi connectivity index (χ4n) is 2.86. The van der Waals surface area contributed by atoms with Gasteiger partial charge >= 0.3 is 0 Å². The topological polar surface area (TPSA) is 40.6 Å². The van der Waals surface area contributed by atoms with Gasteiger partial charge in [0.15, 0.2) is 0 Å². The van der Waals surface area contributed by atoms with Gasteiger partial charge in [-0.1, -0.05) is 29.8 Å². The van der Waals surface area contributed by atoms with Crippen LogP contribution in [0.5, 0.6) is 0 Å². The number of rotatable bonds is 6. The van der Waals surface area contributed by atoms with E-state index in [-0.39, 0.29) is 18.2 Å². The number of carbonyl (C=O) groups is 2. The Labute approximate surface area is 160 Å². The Morgan fingerprint density at radius 3 is 2.27 bits per heavy atom. The molecule has 0 aliphatic rings. The standard InChI is InChI=1S/C21H25ClN2O2/c1-5-23(18-8-6-7-15(2)13-18)21(26)11-12-24(17(4)25)19-10-9-16(3)20(22)14-19/h6-10,13-14H,5,11-12H2,1-4H3. The van der Waals surface area contributed by atoms with Crippen LogP contribution in [0.4, 0.5) is 11.4 Å². The molecule has 0 atom stereocenters.